The van der Waals surface area contributed by atoms with Crippen LogP contribution in [-0.2, 0) is 4.74 Å². The third-order valence-corrected chi connectivity index (χ3v) is 2.96. The Hall–Kier alpha value is -2.33. The Morgan fingerprint density at radius 1 is 1.40 bits per heavy atom. The highest BCUT2D eigenvalue weighted by Crippen LogP contribution is 2.23. The number of nitrogens with zero attached hydrogens (tertiary/aromatic N) is 1. The van der Waals surface area contributed by atoms with Crippen LogP contribution in [-0.4, -0.2) is 25.0 Å². The first kappa shape index (κ1) is 14.1. The lowest BCUT2D eigenvalue weighted by molar-refractivity contribution is 0.233. The van der Waals surface area contributed by atoms with Gasteiger partial charge in [0.1, 0.15) is 5.76 Å². The van der Waals surface area contributed by atoms with Gasteiger partial charge in [-0.05, 0) is 36.3 Å². The van der Waals surface area contributed by atoms with E-state index >= 15 is 0 Å². The normalized spacial score (nSPS) is 17.4. The number of allylic oxidation sites excluding steroid dienone is 4. The van der Waals surface area contributed by atoms with Gasteiger partial charge in [-0.25, -0.2) is 0 Å². The van der Waals surface area contributed by atoms with Crippen molar-refractivity contribution < 1.29 is 9.84 Å². The van der Waals surface area contributed by atoms with E-state index in [-0.39, 0.29) is 5.76 Å². The van der Waals surface area contributed by atoms with Crippen LogP contribution in [0.5, 0.6) is 0 Å². The minimum atomic E-state index is 0.234. The number of hydrogen-bond acceptors (Lipinski definition) is 4. The Bertz CT molecular complexity index is 598. The van der Waals surface area contributed by atoms with Crippen LogP contribution in [0.3, 0.4) is 0 Å². The molecule has 0 bridgehead atoms. The number of para-hydroxylation sites is 2. The number of benzene rings is 1. The van der Waals surface area contributed by atoms with Crippen LogP contribution in [0, 0.1) is 0 Å². The zero-order chi connectivity index (χ0) is 14.4. The van der Waals surface area contributed by atoms with Gasteiger partial charge < -0.3 is 15.6 Å². The van der Waals surface area contributed by atoms with Gasteiger partial charge in [-0.15, -0.1) is 0 Å². The molecule has 0 amide bonds. The molecule has 1 aliphatic rings. The molecule has 20 heavy (non-hydrogen) atoms. The summed E-state index contributed by atoms with van der Waals surface area (Å²) in [7, 11) is 1.65. The summed E-state index contributed by atoms with van der Waals surface area (Å²) in [6.45, 7) is 0.552. The molecule has 104 valence electrons. The van der Waals surface area contributed by atoms with E-state index in [0.29, 0.717) is 30.0 Å². The summed E-state index contributed by atoms with van der Waals surface area (Å²) in [5.41, 5.74) is 8.88. The monoisotopic (exact) mass is 270 g/mol. The molecule has 0 saturated heterocycles. The van der Waals surface area contributed by atoms with E-state index in [4.69, 9.17) is 10.5 Å². The molecule has 2 rings (SSSR count). The van der Waals surface area contributed by atoms with Gasteiger partial charge >= 0.3 is 0 Å². The predicted octanol–water partition coefficient (Wildman–Crippen LogP) is 3.32. The average Bonchev–Trinajstić information content (AvgIpc) is 2.46. The van der Waals surface area contributed by atoms with Gasteiger partial charge in [0.25, 0.3) is 0 Å². The lowest BCUT2D eigenvalue weighted by Gasteiger charge is -2.10. The van der Waals surface area contributed by atoms with Crippen LogP contribution in [0.4, 0.5) is 11.4 Å². The molecule has 4 heteroatoms. The van der Waals surface area contributed by atoms with Crippen LogP contribution < -0.4 is 5.73 Å². The van der Waals surface area contributed by atoms with Crippen molar-refractivity contribution >= 4 is 17.6 Å². The first-order chi connectivity index (χ1) is 9.70. The molecule has 0 saturated carbocycles. The van der Waals surface area contributed by atoms with Gasteiger partial charge in [-0.3, -0.25) is 4.99 Å². The van der Waals surface area contributed by atoms with Crippen LogP contribution in [0.1, 0.15) is 6.42 Å². The molecule has 0 atom stereocenters. The van der Waals surface area contributed by atoms with Crippen molar-refractivity contribution in [2.24, 2.45) is 4.99 Å². The molecule has 1 aromatic rings. The van der Waals surface area contributed by atoms with E-state index in [1.807, 2.05) is 30.4 Å². The Morgan fingerprint density at radius 3 is 2.95 bits per heavy atom. The zero-order valence-electron chi connectivity index (χ0n) is 11.4. The van der Waals surface area contributed by atoms with Crippen LogP contribution >= 0.6 is 0 Å². The molecule has 1 aliphatic carbocycles. The van der Waals surface area contributed by atoms with Crippen molar-refractivity contribution in [1.82, 2.24) is 0 Å². The highest BCUT2D eigenvalue weighted by Gasteiger charge is 2.08. The highest BCUT2D eigenvalue weighted by atomic mass is 16.5. The summed E-state index contributed by atoms with van der Waals surface area (Å²) < 4.78 is 5.01. The Labute approximate surface area is 118 Å². The number of anilines is 1. The molecule has 0 unspecified atom stereocenters. The lowest BCUT2D eigenvalue weighted by atomic mass is 10.0. The number of rotatable bonds is 4. The van der Waals surface area contributed by atoms with E-state index in [1.54, 1.807) is 25.5 Å². The molecule has 0 spiro atoms. The quantitative estimate of drug-likeness (QED) is 0.651. The Kier molecular flexibility index (Phi) is 4.74. The van der Waals surface area contributed by atoms with Crippen molar-refractivity contribution in [3.05, 3.63) is 59.4 Å². The number of aliphatic hydroxyl groups is 1. The molecule has 0 aliphatic heterocycles. The number of methoxy groups -OCH3 is 1. The van der Waals surface area contributed by atoms with Crippen LogP contribution in [0.25, 0.3) is 0 Å². The van der Waals surface area contributed by atoms with Crippen LogP contribution in [0.15, 0.2) is 64.4 Å². The first-order valence-corrected chi connectivity index (χ1v) is 6.38. The minimum absolute atomic E-state index is 0.234. The van der Waals surface area contributed by atoms with E-state index in [9.17, 15) is 5.11 Å². The van der Waals surface area contributed by atoms with Crippen molar-refractivity contribution in [3.8, 4) is 0 Å². The molecule has 0 fully saturated rings. The zero-order valence-corrected chi connectivity index (χ0v) is 11.4. The summed E-state index contributed by atoms with van der Waals surface area (Å²) in [5, 5.41) is 9.87. The third kappa shape index (κ3) is 3.59. The maximum atomic E-state index is 9.87. The minimum Gasteiger partial charge on any atom is -0.508 e. The smallest absolute Gasteiger partial charge is 0.120 e. The Balaban J connectivity index is 2.20. The van der Waals surface area contributed by atoms with Gasteiger partial charge in [0, 0.05) is 18.9 Å². The second-order valence-corrected chi connectivity index (χ2v) is 4.44. The number of nitrogens with two attached hydrogens (primary N) is 1. The van der Waals surface area contributed by atoms with Gasteiger partial charge in [-0.2, -0.15) is 0 Å². The fourth-order valence-electron chi connectivity index (χ4n) is 1.85. The molecule has 0 radical (unpaired) electrons. The van der Waals surface area contributed by atoms with Crippen molar-refractivity contribution in [2.75, 3.05) is 19.5 Å². The van der Waals surface area contributed by atoms with E-state index in [2.05, 4.69) is 4.99 Å². The summed E-state index contributed by atoms with van der Waals surface area (Å²) in [6.07, 6.45) is 7.96. The van der Waals surface area contributed by atoms with Gasteiger partial charge in [0.15, 0.2) is 0 Å². The fourth-order valence-corrected chi connectivity index (χ4v) is 1.85. The Morgan fingerprint density at radius 2 is 2.20 bits per heavy atom. The third-order valence-electron chi connectivity index (χ3n) is 2.96. The predicted molar refractivity (Wildman–Crippen MR) is 82.4 cm³/mol. The second kappa shape index (κ2) is 6.73. The van der Waals surface area contributed by atoms with E-state index in [1.165, 1.54) is 0 Å². The topological polar surface area (TPSA) is 67.8 Å². The van der Waals surface area contributed by atoms with Crippen molar-refractivity contribution in [2.45, 2.75) is 6.42 Å². The molecule has 0 aromatic heterocycles. The van der Waals surface area contributed by atoms with Crippen LogP contribution in [0.2, 0.25) is 0 Å². The maximum absolute atomic E-state index is 9.87. The average molecular weight is 270 g/mol. The molecule has 4 nitrogen and oxygen atoms in total. The summed E-state index contributed by atoms with van der Waals surface area (Å²) in [4.78, 5) is 4.32. The number of hydrogen-bond donors (Lipinski definition) is 2. The lowest BCUT2D eigenvalue weighted by Crippen LogP contribution is -1.99. The molecular weight excluding hydrogens is 252 g/mol. The summed E-state index contributed by atoms with van der Waals surface area (Å²) >= 11 is 0. The van der Waals surface area contributed by atoms with Crippen molar-refractivity contribution in [1.29, 1.82) is 0 Å². The van der Waals surface area contributed by atoms with E-state index < -0.39 is 0 Å². The maximum Gasteiger partial charge on any atom is 0.120 e. The molecular formula is C16H18N2O2. The molecule has 1 aromatic carbocycles. The molecule has 3 N–H and O–H groups in total. The number of aliphatic imine (C=N–C) groups is 1. The summed E-state index contributed by atoms with van der Waals surface area (Å²) in [6, 6.07) is 7.36. The second-order valence-electron chi connectivity index (χ2n) is 4.44. The van der Waals surface area contributed by atoms with Gasteiger partial charge in [-0.1, -0.05) is 18.2 Å². The largest absolute Gasteiger partial charge is 0.508 e. The molecule has 0 heterocycles. The van der Waals surface area contributed by atoms with Gasteiger partial charge in [0.2, 0.25) is 0 Å². The fraction of sp³-hybridized carbons (Fsp3) is 0.188. The number of nitrogen functional groups attached to an aromatic ring is 1. The highest BCUT2D eigenvalue weighted by molar-refractivity contribution is 5.88. The number of ether oxygens (including phenoxy) is 1. The standard InChI is InChI=1S/C16H18N2O2/c1-20-9-8-12-6-7-16(19)13(10-12)11-18-15-5-3-2-4-14(15)17/h2-5,7-8,10-11,19H,6,9,17H2,1H3. The van der Waals surface area contributed by atoms with Gasteiger partial charge in [0.05, 0.1) is 18.0 Å². The summed E-state index contributed by atoms with van der Waals surface area (Å²) in [5.74, 6) is 0.234. The van der Waals surface area contributed by atoms with Crippen molar-refractivity contribution in [3.63, 3.8) is 0 Å². The SMILES string of the molecule is COCC=C1C=C(C=Nc2ccccc2N)C(O)=CC1. The van der Waals surface area contributed by atoms with E-state index in [0.717, 1.165) is 5.57 Å². The number of aliphatic hydroxyl groups excluding tert-OH is 1. The first-order valence-electron chi connectivity index (χ1n) is 6.38.